The molecule has 1 aromatic carbocycles. The van der Waals surface area contributed by atoms with Gasteiger partial charge in [0.15, 0.2) is 0 Å². The lowest BCUT2D eigenvalue weighted by molar-refractivity contribution is 0.0750. The van der Waals surface area contributed by atoms with Crippen LogP contribution in [0.5, 0.6) is 0 Å². The summed E-state index contributed by atoms with van der Waals surface area (Å²) >= 11 is 1.94. The maximum Gasteiger partial charge on any atom is 0.256 e. The minimum absolute atomic E-state index is 0.144. The number of hydrogen-bond acceptors (Lipinski definition) is 2. The molecule has 0 saturated carbocycles. The molecule has 0 aliphatic carbocycles. The molecule has 1 aliphatic rings. The lowest BCUT2D eigenvalue weighted by Crippen LogP contribution is -2.46. The first-order valence-corrected chi connectivity index (χ1v) is 7.55. The molecule has 1 aliphatic heterocycles. The van der Waals surface area contributed by atoms with E-state index in [9.17, 15) is 4.79 Å². The predicted molar refractivity (Wildman–Crippen MR) is 80.7 cm³/mol. The number of benzene rings is 1. The molecule has 3 rings (SSSR count). The van der Waals surface area contributed by atoms with E-state index in [0.29, 0.717) is 0 Å². The minimum atomic E-state index is 0.144. The number of rotatable bonds is 1. The van der Waals surface area contributed by atoms with Gasteiger partial charge in [-0.1, -0.05) is 18.2 Å². The van der Waals surface area contributed by atoms with Gasteiger partial charge in [-0.3, -0.25) is 4.79 Å². The number of carbonyl (C=O) groups excluding carboxylic acids is 1. The lowest BCUT2D eigenvalue weighted by atomic mass is 10.1. The van der Waals surface area contributed by atoms with Gasteiger partial charge in [-0.25, -0.2) is 0 Å². The average Bonchev–Trinajstić information content (AvgIpc) is 2.80. The molecule has 1 saturated heterocycles. The first-order valence-electron chi connectivity index (χ1n) is 6.56. The summed E-state index contributed by atoms with van der Waals surface area (Å²) in [4.78, 5) is 17.8. The zero-order valence-electron chi connectivity index (χ0n) is 11.3. The number of fused-ring (bicyclic) bond motifs is 1. The Labute approximate surface area is 117 Å². The van der Waals surface area contributed by atoms with E-state index in [0.717, 1.165) is 35.3 Å². The average molecular weight is 274 g/mol. The van der Waals surface area contributed by atoms with Crippen molar-refractivity contribution in [2.75, 3.05) is 18.8 Å². The Morgan fingerprint density at radius 1 is 1.37 bits per heavy atom. The molecule has 2 heterocycles. The predicted octanol–water partition coefficient (Wildman–Crippen LogP) is 3.14. The van der Waals surface area contributed by atoms with Crippen LogP contribution in [0.1, 0.15) is 24.2 Å². The van der Waals surface area contributed by atoms with Crippen LogP contribution in [0.15, 0.2) is 30.5 Å². The van der Waals surface area contributed by atoms with Gasteiger partial charge in [0.1, 0.15) is 0 Å². The molecule has 0 spiro atoms. The molecule has 100 valence electrons. The number of nitrogens with zero attached hydrogens (tertiary/aromatic N) is 1. The maximum atomic E-state index is 12.7. The molecule has 4 heteroatoms. The number of amides is 1. The van der Waals surface area contributed by atoms with Crippen LogP contribution in [0, 0.1) is 0 Å². The first kappa shape index (κ1) is 12.6. The van der Waals surface area contributed by atoms with E-state index in [-0.39, 0.29) is 10.7 Å². The van der Waals surface area contributed by atoms with Crippen molar-refractivity contribution in [3.63, 3.8) is 0 Å². The molecule has 0 atom stereocenters. The van der Waals surface area contributed by atoms with Crippen LogP contribution in [-0.2, 0) is 0 Å². The number of aromatic amines is 1. The van der Waals surface area contributed by atoms with Crippen molar-refractivity contribution in [3.8, 4) is 0 Å². The topological polar surface area (TPSA) is 36.1 Å². The van der Waals surface area contributed by atoms with E-state index in [4.69, 9.17) is 0 Å². The number of H-pyrrole nitrogens is 1. The fraction of sp³-hybridized carbons (Fsp3) is 0.400. The van der Waals surface area contributed by atoms with E-state index in [1.165, 1.54) is 0 Å². The third-order valence-electron chi connectivity index (χ3n) is 3.53. The van der Waals surface area contributed by atoms with E-state index in [2.05, 4.69) is 18.8 Å². The van der Waals surface area contributed by atoms with E-state index in [1.54, 1.807) is 0 Å². The van der Waals surface area contributed by atoms with Crippen molar-refractivity contribution in [1.29, 1.82) is 0 Å². The van der Waals surface area contributed by atoms with Gasteiger partial charge in [-0.2, -0.15) is 11.8 Å². The summed E-state index contributed by atoms with van der Waals surface area (Å²) in [6.45, 7) is 6.06. The summed E-state index contributed by atoms with van der Waals surface area (Å²) in [6, 6.07) is 7.96. The van der Waals surface area contributed by atoms with Crippen LogP contribution in [0.3, 0.4) is 0 Å². The molecule has 2 aromatic rings. The van der Waals surface area contributed by atoms with Gasteiger partial charge in [-0.05, 0) is 19.9 Å². The molecule has 3 nitrogen and oxygen atoms in total. The minimum Gasteiger partial charge on any atom is -0.360 e. The highest BCUT2D eigenvalue weighted by Crippen LogP contribution is 2.31. The molecule has 19 heavy (non-hydrogen) atoms. The molecule has 1 N–H and O–H groups in total. The monoisotopic (exact) mass is 274 g/mol. The number of hydrogen-bond donors (Lipinski definition) is 1. The standard InChI is InChI=1S/C15H18N2OS/c1-15(2)10-17(7-8-19-15)14(18)12-9-16-13-6-4-3-5-11(12)13/h3-6,9,16H,7-8,10H2,1-2H3. The highest BCUT2D eigenvalue weighted by molar-refractivity contribution is 8.00. The number of thioether (sulfide) groups is 1. The van der Waals surface area contributed by atoms with Gasteiger partial charge in [-0.15, -0.1) is 0 Å². The van der Waals surface area contributed by atoms with Crippen LogP contribution in [0.2, 0.25) is 0 Å². The number of para-hydroxylation sites is 1. The Bertz CT molecular complexity index is 617. The Morgan fingerprint density at radius 2 is 2.16 bits per heavy atom. The van der Waals surface area contributed by atoms with Crippen molar-refractivity contribution in [2.24, 2.45) is 0 Å². The fourth-order valence-corrected chi connectivity index (χ4v) is 3.72. The summed E-state index contributed by atoms with van der Waals surface area (Å²) in [5.41, 5.74) is 1.81. The van der Waals surface area contributed by atoms with E-state index >= 15 is 0 Å². The molecular weight excluding hydrogens is 256 g/mol. The van der Waals surface area contributed by atoms with E-state index < -0.39 is 0 Å². The lowest BCUT2D eigenvalue weighted by Gasteiger charge is -2.37. The molecular formula is C15H18N2OS. The summed E-state index contributed by atoms with van der Waals surface area (Å²) in [5, 5.41) is 1.02. The van der Waals surface area contributed by atoms with Crippen molar-refractivity contribution in [2.45, 2.75) is 18.6 Å². The van der Waals surface area contributed by atoms with Gasteiger partial charge in [0.25, 0.3) is 5.91 Å². The quantitative estimate of drug-likeness (QED) is 0.867. The van der Waals surface area contributed by atoms with Crippen LogP contribution in [0.4, 0.5) is 0 Å². The fourth-order valence-electron chi connectivity index (χ4n) is 2.61. The Morgan fingerprint density at radius 3 is 2.95 bits per heavy atom. The van der Waals surface area contributed by atoms with Crippen molar-refractivity contribution >= 4 is 28.6 Å². The molecule has 1 amide bonds. The normalized spacial score (nSPS) is 18.7. The molecule has 0 unspecified atom stereocenters. The Kier molecular flexibility index (Phi) is 3.05. The number of nitrogens with one attached hydrogen (secondary N) is 1. The van der Waals surface area contributed by atoms with Crippen molar-refractivity contribution < 1.29 is 4.79 Å². The van der Waals surface area contributed by atoms with Crippen LogP contribution in [-0.4, -0.2) is 39.4 Å². The molecule has 1 fully saturated rings. The van der Waals surface area contributed by atoms with Gasteiger partial charge < -0.3 is 9.88 Å². The summed E-state index contributed by atoms with van der Waals surface area (Å²) in [7, 11) is 0. The van der Waals surface area contributed by atoms with Gasteiger partial charge >= 0.3 is 0 Å². The van der Waals surface area contributed by atoms with Gasteiger partial charge in [0.05, 0.1) is 5.56 Å². The van der Waals surface area contributed by atoms with Crippen molar-refractivity contribution in [1.82, 2.24) is 9.88 Å². The van der Waals surface area contributed by atoms with Crippen LogP contribution >= 0.6 is 11.8 Å². The second-order valence-electron chi connectivity index (χ2n) is 5.58. The third kappa shape index (κ3) is 2.37. The van der Waals surface area contributed by atoms with Gasteiger partial charge in [0, 0.05) is 40.7 Å². The molecule has 0 radical (unpaired) electrons. The Balaban J connectivity index is 1.91. The van der Waals surface area contributed by atoms with E-state index in [1.807, 2.05) is 47.1 Å². The zero-order chi connectivity index (χ0) is 13.5. The molecule has 0 bridgehead atoms. The van der Waals surface area contributed by atoms with Crippen LogP contribution < -0.4 is 0 Å². The SMILES string of the molecule is CC1(C)CN(C(=O)c2c[nH]c3ccccc23)CCS1. The number of aromatic nitrogens is 1. The Hall–Kier alpha value is -1.42. The maximum absolute atomic E-state index is 12.7. The first-order chi connectivity index (χ1) is 9.07. The number of carbonyl (C=O) groups is 1. The smallest absolute Gasteiger partial charge is 0.256 e. The highest BCUT2D eigenvalue weighted by Gasteiger charge is 2.30. The highest BCUT2D eigenvalue weighted by atomic mass is 32.2. The summed E-state index contributed by atoms with van der Waals surface area (Å²) in [5.74, 6) is 1.16. The zero-order valence-corrected chi connectivity index (χ0v) is 12.1. The van der Waals surface area contributed by atoms with Crippen LogP contribution in [0.25, 0.3) is 10.9 Å². The second-order valence-corrected chi connectivity index (χ2v) is 7.38. The third-order valence-corrected chi connectivity index (χ3v) is 4.83. The molecule has 1 aromatic heterocycles. The summed E-state index contributed by atoms with van der Waals surface area (Å²) < 4.78 is 0.153. The van der Waals surface area contributed by atoms with Gasteiger partial charge in [0.2, 0.25) is 0 Å². The largest absolute Gasteiger partial charge is 0.360 e. The van der Waals surface area contributed by atoms with Crippen molar-refractivity contribution in [3.05, 3.63) is 36.0 Å². The summed E-state index contributed by atoms with van der Waals surface area (Å²) in [6.07, 6.45) is 1.84. The second kappa shape index (κ2) is 4.60.